The van der Waals surface area contributed by atoms with Crippen LogP contribution >= 0.6 is 0 Å². The number of rotatable bonds is 10. The zero-order chi connectivity index (χ0) is 48.1. The topological polar surface area (TPSA) is 156 Å². The van der Waals surface area contributed by atoms with Gasteiger partial charge in [0.05, 0.1) is 49.6 Å². The Hall–Kier alpha value is -7.84. The van der Waals surface area contributed by atoms with Crippen molar-refractivity contribution >= 4 is 24.3 Å². The smallest absolute Gasteiger partial charge is 0.194 e. The van der Waals surface area contributed by atoms with Gasteiger partial charge in [0.1, 0.15) is 11.5 Å². The lowest BCUT2D eigenvalue weighted by Crippen LogP contribution is -2.26. The highest BCUT2D eigenvalue weighted by atomic mass is 19.2. The summed E-state index contributed by atoms with van der Waals surface area (Å²) in [7, 11) is 3.17. The molecule has 0 saturated carbocycles. The second-order valence-electron chi connectivity index (χ2n) is 16.1. The lowest BCUT2D eigenvalue weighted by Gasteiger charge is -2.21. The monoisotopic (exact) mass is 934 g/mol. The number of aliphatic hydroxyl groups is 2. The van der Waals surface area contributed by atoms with E-state index in [-0.39, 0.29) is 35.6 Å². The fourth-order valence-electron chi connectivity index (χ4n) is 8.15. The van der Waals surface area contributed by atoms with Crippen LogP contribution in [0.15, 0.2) is 85.7 Å². The summed E-state index contributed by atoms with van der Waals surface area (Å²) in [6, 6.07) is 14.4. The fourth-order valence-corrected chi connectivity index (χ4v) is 8.15. The molecular weight excluding hydrogens is 895 g/mol. The molecule has 10 rings (SSSR count). The summed E-state index contributed by atoms with van der Waals surface area (Å²) in [6.45, 7) is 4.39. The first-order chi connectivity index (χ1) is 32.6. The van der Waals surface area contributed by atoms with Crippen molar-refractivity contribution in [2.24, 2.45) is 0 Å². The summed E-state index contributed by atoms with van der Waals surface area (Å²) >= 11 is 0. The van der Waals surface area contributed by atoms with E-state index in [0.717, 1.165) is 58.2 Å². The van der Waals surface area contributed by atoms with E-state index in [4.69, 9.17) is 9.47 Å². The van der Waals surface area contributed by atoms with Crippen LogP contribution in [0.25, 0.3) is 35.7 Å². The van der Waals surface area contributed by atoms with Crippen molar-refractivity contribution in [2.45, 2.75) is 51.0 Å². The molecule has 14 nitrogen and oxygen atoms in total. The molecule has 4 aromatic heterocycles. The van der Waals surface area contributed by atoms with Gasteiger partial charge in [-0.05, 0) is 96.8 Å². The van der Waals surface area contributed by atoms with Gasteiger partial charge in [0.2, 0.25) is 0 Å². The van der Waals surface area contributed by atoms with Gasteiger partial charge in [-0.2, -0.15) is 10.2 Å². The van der Waals surface area contributed by atoms with E-state index in [1.54, 1.807) is 51.2 Å². The molecule has 4 aromatic carbocycles. The summed E-state index contributed by atoms with van der Waals surface area (Å²) in [5, 5.41) is 31.0. The van der Waals surface area contributed by atoms with E-state index in [9.17, 15) is 36.6 Å². The Labute approximate surface area is 383 Å². The minimum atomic E-state index is -1.78. The molecule has 2 atom stereocenters. The Balaban J connectivity index is 0.000000170. The summed E-state index contributed by atoms with van der Waals surface area (Å²) in [4.78, 5) is 17.2. The minimum absolute atomic E-state index is 0.111. The largest absolute Gasteiger partial charge is 0.495 e. The lowest BCUT2D eigenvalue weighted by molar-refractivity contribution is 0.0773. The number of imidazole rings is 2. The van der Waals surface area contributed by atoms with Crippen LogP contribution < -0.4 is 9.47 Å². The zero-order valence-electron chi connectivity index (χ0n) is 36.7. The molecule has 6 heterocycles. The number of aryl methyl sites for hydroxylation is 4. The molecule has 2 aliphatic heterocycles. The molecule has 0 radical (unpaired) electrons. The van der Waals surface area contributed by atoms with Gasteiger partial charge in [0.15, 0.2) is 69.4 Å². The highest BCUT2D eigenvalue weighted by Gasteiger charge is 2.44. The number of benzene rings is 4. The van der Waals surface area contributed by atoms with Gasteiger partial charge in [-0.15, -0.1) is 0 Å². The van der Waals surface area contributed by atoms with Gasteiger partial charge < -0.3 is 28.8 Å². The van der Waals surface area contributed by atoms with Crippen LogP contribution in [0.5, 0.6) is 11.5 Å². The number of hydrogen-bond donors (Lipinski definition) is 2. The Bertz CT molecular complexity index is 3030. The van der Waals surface area contributed by atoms with Crippen molar-refractivity contribution in [1.82, 2.24) is 48.6 Å². The lowest BCUT2D eigenvalue weighted by atomic mass is 9.91. The van der Waals surface area contributed by atoms with Crippen molar-refractivity contribution in [3.05, 3.63) is 178 Å². The van der Waals surface area contributed by atoms with Crippen LogP contribution in [0.4, 0.5) is 26.3 Å². The molecule has 68 heavy (non-hydrogen) atoms. The molecule has 348 valence electrons. The first kappa shape index (κ1) is 45.3. The average molecular weight is 935 g/mol. The maximum absolute atomic E-state index is 13.8. The third-order valence-corrected chi connectivity index (χ3v) is 11.6. The first-order valence-electron chi connectivity index (χ1n) is 21.0. The maximum Gasteiger partial charge on any atom is 0.194 e. The van der Waals surface area contributed by atoms with Crippen molar-refractivity contribution in [3.8, 4) is 22.9 Å². The number of methoxy groups -OCH3 is 2. The molecule has 0 fully saturated rings. The molecule has 0 spiro atoms. The Morgan fingerprint density at radius 1 is 0.559 bits per heavy atom. The highest BCUT2D eigenvalue weighted by molar-refractivity contribution is 5.70. The third-order valence-electron chi connectivity index (χ3n) is 11.6. The molecule has 2 aliphatic rings. The van der Waals surface area contributed by atoms with E-state index in [2.05, 4.69) is 30.1 Å². The van der Waals surface area contributed by atoms with Crippen molar-refractivity contribution in [3.63, 3.8) is 0 Å². The predicted molar refractivity (Wildman–Crippen MR) is 235 cm³/mol. The van der Waals surface area contributed by atoms with Crippen LogP contribution in [-0.2, 0) is 24.3 Å². The third kappa shape index (κ3) is 8.43. The molecular formula is C48H40F6N10O4. The summed E-state index contributed by atoms with van der Waals surface area (Å²) < 4.78 is 99.5. The number of aromatic nitrogens is 10. The van der Waals surface area contributed by atoms with Crippen molar-refractivity contribution in [1.29, 1.82) is 0 Å². The van der Waals surface area contributed by atoms with Gasteiger partial charge in [0.25, 0.3) is 0 Å². The van der Waals surface area contributed by atoms with Gasteiger partial charge >= 0.3 is 0 Å². The summed E-state index contributed by atoms with van der Waals surface area (Å²) in [5.41, 5.74) is 1.32. The van der Waals surface area contributed by atoms with E-state index in [1.165, 1.54) is 9.36 Å². The average Bonchev–Trinajstić information content (AvgIpc) is 4.21. The Morgan fingerprint density at radius 2 is 0.941 bits per heavy atom. The predicted octanol–water partition coefficient (Wildman–Crippen LogP) is 8.02. The molecule has 0 bridgehead atoms. The van der Waals surface area contributed by atoms with Gasteiger partial charge in [0, 0.05) is 38.3 Å². The van der Waals surface area contributed by atoms with E-state index < -0.39 is 46.1 Å². The highest BCUT2D eigenvalue weighted by Crippen LogP contribution is 2.40. The molecule has 0 unspecified atom stereocenters. The van der Waals surface area contributed by atoms with E-state index in [0.29, 0.717) is 36.2 Å². The first-order valence-corrected chi connectivity index (χ1v) is 21.0. The van der Waals surface area contributed by atoms with Crippen molar-refractivity contribution < 1.29 is 46.0 Å². The molecule has 20 heteroatoms. The van der Waals surface area contributed by atoms with Crippen LogP contribution in [0.2, 0.25) is 0 Å². The number of nitrogens with zero attached hydrogens (tertiary/aromatic N) is 10. The van der Waals surface area contributed by atoms with Crippen LogP contribution in [0.1, 0.15) is 69.8 Å². The normalized spacial score (nSPS) is 17.5. The zero-order valence-corrected chi connectivity index (χ0v) is 36.7. The fraction of sp³-hybridized carbons (Fsp3) is 0.208. The number of ether oxygens (including phenoxy) is 2. The van der Waals surface area contributed by atoms with Gasteiger partial charge in [-0.3, -0.25) is 0 Å². The van der Waals surface area contributed by atoms with Crippen molar-refractivity contribution in [2.75, 3.05) is 14.2 Å². The molecule has 2 N–H and O–H groups in total. The molecule has 0 amide bonds. The van der Waals surface area contributed by atoms with E-state index in [1.807, 2.05) is 71.8 Å². The summed E-state index contributed by atoms with van der Waals surface area (Å²) in [5.74, 6) is -6.45. The number of fused-ring (bicyclic) bond motifs is 2. The standard InChI is InChI=1S/2C24H20F3N5O2/c2*1-14-12-31(13-28-14)19-5-3-15(9-20(19)34-2)4-6-21-29-23-24(33,7-8-32(23)30-21)16-10-17(25)22(27)18(26)11-16/h2*3-6,9-13,33H,7-8H2,1-2H3/b2*6-4+/t2*24-/m10/s1. The molecule has 0 aliphatic carbocycles. The molecule has 8 aromatic rings. The Kier molecular flexibility index (Phi) is 11.8. The Morgan fingerprint density at radius 3 is 1.28 bits per heavy atom. The van der Waals surface area contributed by atoms with Crippen LogP contribution in [0.3, 0.4) is 0 Å². The SMILES string of the molecule is COc1cc(/C=C/c2nc3n(n2)CC[C@@]3(O)c2cc(F)c(F)c(F)c2)ccc1-n1cnc(C)c1.COc1cc(/C=C/c2nc3n(n2)CC[C@]3(O)c2cc(F)c(F)c(F)c2)ccc1-n1cnc(C)c1. The second-order valence-corrected chi connectivity index (χ2v) is 16.1. The van der Waals surface area contributed by atoms with E-state index >= 15 is 0 Å². The number of hydrogen-bond acceptors (Lipinski definition) is 10. The number of halogens is 6. The van der Waals surface area contributed by atoms with Crippen LogP contribution in [0, 0.1) is 48.8 Å². The molecule has 0 saturated heterocycles. The van der Waals surface area contributed by atoms with Crippen LogP contribution in [-0.4, -0.2) is 73.1 Å². The van der Waals surface area contributed by atoms with Gasteiger partial charge in [-0.1, -0.05) is 24.3 Å². The minimum Gasteiger partial charge on any atom is -0.495 e. The van der Waals surface area contributed by atoms with Gasteiger partial charge in [-0.25, -0.2) is 55.6 Å². The second kappa shape index (κ2) is 17.8. The summed E-state index contributed by atoms with van der Waals surface area (Å²) in [6.07, 6.45) is 14.3. The maximum atomic E-state index is 13.8. The quantitative estimate of drug-likeness (QED) is 0.102.